The molecule has 3 rings (SSSR count). The first kappa shape index (κ1) is 22.6. The summed E-state index contributed by atoms with van der Waals surface area (Å²) >= 11 is 0. The molecule has 0 radical (unpaired) electrons. The summed E-state index contributed by atoms with van der Waals surface area (Å²) in [4.78, 5) is 29.6. The molecule has 164 valence electrons. The van der Waals surface area contributed by atoms with Crippen molar-refractivity contribution in [2.24, 2.45) is 0 Å². The molecule has 1 saturated heterocycles. The highest BCUT2D eigenvalue weighted by Gasteiger charge is 2.27. The molecule has 1 aliphatic rings. The minimum atomic E-state index is -0.502. The first-order valence-corrected chi connectivity index (χ1v) is 11.0. The van der Waals surface area contributed by atoms with E-state index in [9.17, 15) is 9.59 Å². The molecular weight excluding hydrogens is 388 g/mol. The maximum absolute atomic E-state index is 13.0. The number of rotatable bonds is 8. The number of para-hydroxylation sites is 1. The average molecular weight is 421 g/mol. The number of hydrogen-bond donors (Lipinski definition) is 2. The van der Waals surface area contributed by atoms with Crippen LogP contribution in [0.3, 0.4) is 0 Å². The van der Waals surface area contributed by atoms with Crippen LogP contribution in [0.2, 0.25) is 0 Å². The highest BCUT2D eigenvalue weighted by atomic mass is 16.2. The molecule has 0 spiro atoms. The van der Waals surface area contributed by atoms with Crippen LogP contribution in [0.25, 0.3) is 6.08 Å². The Morgan fingerprint density at radius 2 is 1.61 bits per heavy atom. The predicted molar refractivity (Wildman–Crippen MR) is 126 cm³/mol. The standard InChI is InChI=1S/C25H32N4O2/c1-2-10-23(27-25(31)26-22-14-7-4-8-15-22)24(30)29-19-17-28(18-20-29)16-9-13-21-11-5-3-6-12-21/h3-9,11-15,23H,2,10,16-20H2,1H3,(H2,26,27,31)/b13-9+. The van der Waals surface area contributed by atoms with Gasteiger partial charge in [-0.1, -0.05) is 74.0 Å². The van der Waals surface area contributed by atoms with E-state index in [4.69, 9.17) is 0 Å². The summed E-state index contributed by atoms with van der Waals surface area (Å²) in [6, 6.07) is 18.7. The fourth-order valence-corrected chi connectivity index (χ4v) is 3.67. The maximum atomic E-state index is 13.0. The van der Waals surface area contributed by atoms with Gasteiger partial charge in [0.05, 0.1) is 0 Å². The lowest BCUT2D eigenvalue weighted by Crippen LogP contribution is -2.55. The van der Waals surface area contributed by atoms with Crippen LogP contribution in [0.5, 0.6) is 0 Å². The van der Waals surface area contributed by atoms with Gasteiger partial charge in [0.1, 0.15) is 6.04 Å². The van der Waals surface area contributed by atoms with Gasteiger partial charge in [-0.05, 0) is 24.1 Å². The molecule has 1 aliphatic heterocycles. The third-order valence-electron chi connectivity index (χ3n) is 5.37. The van der Waals surface area contributed by atoms with Crippen molar-refractivity contribution in [3.8, 4) is 0 Å². The first-order chi connectivity index (χ1) is 15.2. The topological polar surface area (TPSA) is 64.7 Å². The second-order valence-electron chi connectivity index (χ2n) is 7.74. The van der Waals surface area contributed by atoms with E-state index in [0.29, 0.717) is 25.2 Å². The molecule has 2 aromatic rings. The first-order valence-electron chi connectivity index (χ1n) is 11.0. The van der Waals surface area contributed by atoms with Gasteiger partial charge >= 0.3 is 6.03 Å². The van der Waals surface area contributed by atoms with Crippen LogP contribution in [0.1, 0.15) is 25.3 Å². The van der Waals surface area contributed by atoms with Gasteiger partial charge in [0.15, 0.2) is 0 Å². The number of nitrogens with one attached hydrogen (secondary N) is 2. The van der Waals surface area contributed by atoms with Gasteiger partial charge in [0, 0.05) is 38.4 Å². The van der Waals surface area contributed by atoms with Crippen molar-refractivity contribution in [3.05, 3.63) is 72.3 Å². The Kier molecular flexibility index (Phi) is 8.67. The van der Waals surface area contributed by atoms with E-state index in [1.807, 2.05) is 60.4 Å². The maximum Gasteiger partial charge on any atom is 0.319 e. The number of carbonyl (C=O) groups excluding carboxylic acids is 2. The van der Waals surface area contributed by atoms with Gasteiger partial charge in [-0.2, -0.15) is 0 Å². The number of piperazine rings is 1. The van der Waals surface area contributed by atoms with E-state index >= 15 is 0 Å². The summed E-state index contributed by atoms with van der Waals surface area (Å²) < 4.78 is 0. The van der Waals surface area contributed by atoms with Crippen molar-refractivity contribution >= 4 is 23.7 Å². The Hall–Kier alpha value is -3.12. The summed E-state index contributed by atoms with van der Waals surface area (Å²) in [5.41, 5.74) is 1.90. The molecule has 2 N–H and O–H groups in total. The molecule has 2 aromatic carbocycles. The monoisotopic (exact) mass is 420 g/mol. The van der Waals surface area contributed by atoms with Crippen LogP contribution in [0.4, 0.5) is 10.5 Å². The zero-order valence-corrected chi connectivity index (χ0v) is 18.2. The van der Waals surface area contributed by atoms with E-state index in [0.717, 1.165) is 26.1 Å². The molecule has 6 heteroatoms. The fraction of sp³-hybridized carbons (Fsp3) is 0.360. The number of amides is 3. The molecule has 1 unspecified atom stereocenters. The molecule has 6 nitrogen and oxygen atoms in total. The number of nitrogens with zero attached hydrogens (tertiary/aromatic N) is 2. The van der Waals surface area contributed by atoms with Gasteiger partial charge in [-0.3, -0.25) is 9.69 Å². The molecule has 0 saturated carbocycles. The van der Waals surface area contributed by atoms with Crippen LogP contribution in [-0.4, -0.2) is 60.5 Å². The van der Waals surface area contributed by atoms with Gasteiger partial charge in [0.25, 0.3) is 0 Å². The summed E-state index contributed by atoms with van der Waals surface area (Å²) in [6.07, 6.45) is 5.75. The third kappa shape index (κ3) is 7.26. The van der Waals surface area contributed by atoms with Gasteiger partial charge in [-0.25, -0.2) is 4.79 Å². The molecular formula is C25H32N4O2. The lowest BCUT2D eigenvalue weighted by Gasteiger charge is -2.36. The Labute approximate surface area is 184 Å². The highest BCUT2D eigenvalue weighted by molar-refractivity contribution is 5.93. The largest absolute Gasteiger partial charge is 0.338 e. The van der Waals surface area contributed by atoms with E-state index in [1.54, 1.807) is 0 Å². The van der Waals surface area contributed by atoms with Crippen LogP contribution < -0.4 is 10.6 Å². The number of benzene rings is 2. The average Bonchev–Trinajstić information content (AvgIpc) is 2.80. The summed E-state index contributed by atoms with van der Waals surface area (Å²) in [5, 5.41) is 5.66. The highest BCUT2D eigenvalue weighted by Crippen LogP contribution is 2.10. The quantitative estimate of drug-likeness (QED) is 0.682. The third-order valence-corrected chi connectivity index (χ3v) is 5.37. The second-order valence-corrected chi connectivity index (χ2v) is 7.74. The zero-order valence-electron chi connectivity index (χ0n) is 18.2. The summed E-state index contributed by atoms with van der Waals surface area (Å²) in [5.74, 6) is 0.00420. The molecule has 0 bridgehead atoms. The van der Waals surface area contributed by atoms with Gasteiger partial charge in [0.2, 0.25) is 5.91 Å². The molecule has 1 atom stereocenters. The number of hydrogen-bond acceptors (Lipinski definition) is 3. The van der Waals surface area contributed by atoms with Gasteiger partial charge < -0.3 is 15.5 Å². The second kappa shape index (κ2) is 11.9. The van der Waals surface area contributed by atoms with E-state index in [2.05, 4.69) is 39.8 Å². The van der Waals surface area contributed by atoms with Crippen molar-refractivity contribution in [3.63, 3.8) is 0 Å². The molecule has 3 amide bonds. The summed E-state index contributed by atoms with van der Waals surface area (Å²) in [6.45, 7) is 5.92. The Balaban J connectivity index is 1.46. The fourth-order valence-electron chi connectivity index (χ4n) is 3.67. The van der Waals surface area contributed by atoms with Gasteiger partial charge in [-0.15, -0.1) is 0 Å². The van der Waals surface area contributed by atoms with Crippen LogP contribution in [0, 0.1) is 0 Å². The molecule has 1 heterocycles. The molecule has 1 fully saturated rings. The lowest BCUT2D eigenvalue weighted by atomic mass is 10.1. The van der Waals surface area contributed by atoms with Crippen molar-refractivity contribution in [1.29, 1.82) is 0 Å². The smallest absolute Gasteiger partial charge is 0.319 e. The number of anilines is 1. The minimum Gasteiger partial charge on any atom is -0.338 e. The zero-order chi connectivity index (χ0) is 21.9. The van der Waals surface area contributed by atoms with Crippen molar-refractivity contribution in [2.75, 3.05) is 38.0 Å². The van der Waals surface area contributed by atoms with Crippen LogP contribution in [0.15, 0.2) is 66.7 Å². The normalized spacial score (nSPS) is 15.6. The number of carbonyl (C=O) groups is 2. The molecule has 0 aliphatic carbocycles. The SMILES string of the molecule is CCCC(NC(=O)Nc1ccccc1)C(=O)N1CCN(C/C=C/c2ccccc2)CC1. The summed E-state index contributed by atoms with van der Waals surface area (Å²) in [7, 11) is 0. The van der Waals surface area contributed by atoms with Crippen molar-refractivity contribution in [2.45, 2.75) is 25.8 Å². The Morgan fingerprint density at radius 1 is 0.968 bits per heavy atom. The van der Waals surface area contributed by atoms with E-state index in [-0.39, 0.29) is 11.9 Å². The van der Waals surface area contributed by atoms with E-state index in [1.165, 1.54) is 5.56 Å². The van der Waals surface area contributed by atoms with Crippen LogP contribution >= 0.6 is 0 Å². The minimum absolute atomic E-state index is 0.00420. The predicted octanol–water partition coefficient (Wildman–Crippen LogP) is 3.83. The van der Waals surface area contributed by atoms with E-state index < -0.39 is 6.04 Å². The molecule has 31 heavy (non-hydrogen) atoms. The molecule has 0 aromatic heterocycles. The van der Waals surface area contributed by atoms with Crippen molar-refractivity contribution < 1.29 is 9.59 Å². The number of urea groups is 1. The Morgan fingerprint density at radius 3 is 2.26 bits per heavy atom. The van der Waals surface area contributed by atoms with Crippen molar-refractivity contribution in [1.82, 2.24) is 15.1 Å². The Bertz CT molecular complexity index is 846. The van der Waals surface area contributed by atoms with Crippen LogP contribution in [-0.2, 0) is 4.79 Å². The lowest BCUT2D eigenvalue weighted by molar-refractivity contribution is -0.135.